The van der Waals surface area contributed by atoms with E-state index in [1.54, 1.807) is 18.1 Å². The number of nitrogens with one attached hydrogen (secondary N) is 1. The Labute approximate surface area is 285 Å². The largest absolute Gasteiger partial charge is 0.497 e. The third-order valence-corrected chi connectivity index (χ3v) is 9.06. The molecule has 2 atom stereocenters. The first-order valence-corrected chi connectivity index (χ1v) is 16.3. The number of ether oxygens (including phenoxy) is 3. The number of nitrogen functional groups attached to an aromatic ring is 1. The molecule has 1 aromatic heterocycles. The van der Waals surface area contributed by atoms with Crippen LogP contribution in [-0.2, 0) is 11.3 Å². The number of piperazine rings is 1. The Balaban J connectivity index is 1.28. The lowest BCUT2D eigenvalue weighted by Gasteiger charge is -2.40. The van der Waals surface area contributed by atoms with E-state index in [0.717, 1.165) is 35.7 Å². The second-order valence-corrected chi connectivity index (χ2v) is 12.2. The fraction of sp³-hybridized carbons (Fsp3) is 0.361. The molecule has 0 bridgehead atoms. The lowest BCUT2D eigenvalue weighted by molar-refractivity contribution is 0.0768. The summed E-state index contributed by atoms with van der Waals surface area (Å²) in [6, 6.07) is 22.6. The summed E-state index contributed by atoms with van der Waals surface area (Å²) in [6.45, 7) is 2.26. The van der Waals surface area contributed by atoms with Crippen LogP contribution in [0.2, 0.25) is 0 Å². The third kappa shape index (κ3) is 7.60. The number of anilines is 3. The molecule has 49 heavy (non-hydrogen) atoms. The van der Waals surface area contributed by atoms with Crippen LogP contribution in [0.4, 0.5) is 22.0 Å². The molecule has 3 heterocycles. The minimum absolute atomic E-state index is 0.0201. The van der Waals surface area contributed by atoms with Crippen molar-refractivity contribution in [2.45, 2.75) is 38.0 Å². The van der Waals surface area contributed by atoms with Gasteiger partial charge in [0.1, 0.15) is 24.7 Å². The number of benzene rings is 3. The van der Waals surface area contributed by atoms with Crippen LogP contribution in [-0.4, -0.2) is 90.8 Å². The predicted molar refractivity (Wildman–Crippen MR) is 186 cm³/mol. The van der Waals surface area contributed by atoms with Gasteiger partial charge in [0.05, 0.1) is 31.3 Å². The Morgan fingerprint density at radius 1 is 1.04 bits per heavy atom. The molecule has 2 fully saturated rings. The van der Waals surface area contributed by atoms with Crippen molar-refractivity contribution in [1.82, 2.24) is 19.8 Å². The van der Waals surface area contributed by atoms with Gasteiger partial charge in [-0.25, -0.2) is 4.79 Å². The summed E-state index contributed by atoms with van der Waals surface area (Å²) in [5, 5.41) is 14.3. The molecule has 254 valence electrons. The average molecular weight is 665 g/mol. The van der Waals surface area contributed by atoms with E-state index in [-0.39, 0.29) is 49.6 Å². The number of likely N-dealkylation sites (tertiary alicyclic amines) is 1. The summed E-state index contributed by atoms with van der Waals surface area (Å²) in [6.07, 6.45) is 1.61. The number of hydrogen-bond donors (Lipinski definition) is 2. The molecular formula is C36H40N8O5. The Hall–Kier alpha value is -5.61. The second-order valence-electron chi connectivity index (χ2n) is 12.2. The number of nitrogens with zero attached hydrogens (tertiary/aromatic N) is 6. The topological polar surface area (TPSA) is 159 Å². The fourth-order valence-corrected chi connectivity index (χ4v) is 6.33. The summed E-state index contributed by atoms with van der Waals surface area (Å²) in [5.74, 6) is 0.337. The van der Waals surface area contributed by atoms with Crippen LogP contribution >= 0.6 is 0 Å². The first-order chi connectivity index (χ1) is 23.8. The molecule has 13 heteroatoms. The molecule has 0 spiro atoms. The number of aromatic nitrogens is 2. The number of nitriles is 1. The number of nitrogens with two attached hydrogens (primary N) is 1. The van der Waals surface area contributed by atoms with Gasteiger partial charge in [-0.3, -0.25) is 4.79 Å². The van der Waals surface area contributed by atoms with Crippen LogP contribution in [0.3, 0.4) is 0 Å². The molecule has 0 saturated carbocycles. The van der Waals surface area contributed by atoms with Crippen LogP contribution < -0.4 is 25.4 Å². The zero-order valence-corrected chi connectivity index (χ0v) is 27.7. The maximum absolute atomic E-state index is 14.0. The number of hydrogen-bond acceptors (Lipinski definition) is 11. The molecule has 2 saturated heterocycles. The van der Waals surface area contributed by atoms with Gasteiger partial charge in [-0.2, -0.15) is 15.2 Å². The summed E-state index contributed by atoms with van der Waals surface area (Å²) in [7, 11) is 3.62. The molecule has 0 aliphatic carbocycles. The molecular weight excluding hydrogens is 624 g/mol. The van der Waals surface area contributed by atoms with E-state index in [1.165, 1.54) is 0 Å². The van der Waals surface area contributed by atoms with Crippen molar-refractivity contribution in [2.24, 2.45) is 0 Å². The summed E-state index contributed by atoms with van der Waals surface area (Å²) < 4.78 is 17.2. The smallest absolute Gasteiger partial charge is 0.410 e. The van der Waals surface area contributed by atoms with Crippen LogP contribution in [0, 0.1) is 11.3 Å². The quantitative estimate of drug-likeness (QED) is 0.242. The Bertz CT molecular complexity index is 1850. The van der Waals surface area contributed by atoms with Crippen LogP contribution in [0.15, 0.2) is 66.7 Å². The number of likely N-dealkylation sites (N-methyl/N-ethyl adjacent to an activating group) is 1. The number of methoxy groups -OCH3 is 1. The maximum Gasteiger partial charge on any atom is 0.410 e. The third-order valence-electron chi connectivity index (χ3n) is 9.06. The molecule has 2 aliphatic rings. The van der Waals surface area contributed by atoms with Crippen molar-refractivity contribution >= 4 is 40.0 Å². The minimum Gasteiger partial charge on any atom is -0.497 e. The number of rotatable bonds is 10. The lowest BCUT2D eigenvalue weighted by Crippen LogP contribution is -2.55. The Morgan fingerprint density at radius 3 is 2.59 bits per heavy atom. The van der Waals surface area contributed by atoms with Crippen molar-refractivity contribution in [1.29, 1.82) is 5.26 Å². The molecule has 0 unspecified atom stereocenters. The predicted octanol–water partition coefficient (Wildman–Crippen LogP) is 4.69. The zero-order valence-electron chi connectivity index (χ0n) is 27.7. The monoisotopic (exact) mass is 664 g/mol. The van der Waals surface area contributed by atoms with E-state index in [0.29, 0.717) is 30.4 Å². The van der Waals surface area contributed by atoms with Gasteiger partial charge in [0.15, 0.2) is 11.5 Å². The standard InChI is InChI=1S/C36H40N8O5/c1-42-16-8-12-27(42)23-48-35-40-32(34(45)39-30-20-28(47-2)19-25-11-6-7-13-29(25)30)31(38)33(41-35)43-17-18-44(26(21-43)14-15-37)36(46)49-22-24-9-4-3-5-10-24/h3-7,9-11,13,19-20,26-27H,8,12,14,16-18,21-23,38H2,1-2H3,(H,39,45)/t26-,27-/m0/s1. The summed E-state index contributed by atoms with van der Waals surface area (Å²) in [5.41, 5.74) is 8.10. The number of carbonyl (C=O) groups excluding carboxylic acids is 2. The second kappa shape index (κ2) is 15.1. The van der Waals surface area contributed by atoms with Gasteiger partial charge in [-0.15, -0.1) is 0 Å². The van der Waals surface area contributed by atoms with Crippen LogP contribution in [0.1, 0.15) is 35.3 Å². The van der Waals surface area contributed by atoms with Gasteiger partial charge in [0.2, 0.25) is 0 Å². The van der Waals surface area contributed by atoms with E-state index in [1.807, 2.05) is 72.6 Å². The van der Waals surface area contributed by atoms with E-state index >= 15 is 0 Å². The highest BCUT2D eigenvalue weighted by molar-refractivity contribution is 6.11. The van der Waals surface area contributed by atoms with Gasteiger partial charge < -0.3 is 40.0 Å². The van der Waals surface area contributed by atoms with Crippen molar-refractivity contribution in [3.8, 4) is 17.8 Å². The van der Waals surface area contributed by atoms with Gasteiger partial charge in [-0.1, -0.05) is 54.6 Å². The van der Waals surface area contributed by atoms with Gasteiger partial charge in [-0.05, 0) is 43.5 Å². The van der Waals surface area contributed by atoms with Gasteiger partial charge in [0, 0.05) is 37.1 Å². The van der Waals surface area contributed by atoms with Crippen molar-refractivity contribution < 1.29 is 23.8 Å². The molecule has 0 radical (unpaired) electrons. The molecule has 4 aromatic rings. The maximum atomic E-state index is 14.0. The van der Waals surface area contributed by atoms with Crippen molar-refractivity contribution in [3.63, 3.8) is 0 Å². The van der Waals surface area contributed by atoms with E-state index in [9.17, 15) is 14.9 Å². The van der Waals surface area contributed by atoms with Gasteiger partial charge in [0.25, 0.3) is 5.91 Å². The summed E-state index contributed by atoms with van der Waals surface area (Å²) >= 11 is 0. The first-order valence-electron chi connectivity index (χ1n) is 16.3. The van der Waals surface area contributed by atoms with Crippen molar-refractivity contribution in [3.05, 3.63) is 78.0 Å². The van der Waals surface area contributed by atoms with E-state index < -0.39 is 18.0 Å². The fourth-order valence-electron chi connectivity index (χ4n) is 6.33. The van der Waals surface area contributed by atoms with E-state index in [4.69, 9.17) is 19.9 Å². The SMILES string of the molecule is COc1cc(NC(=O)c2nc(OC[C@@H]3CCCN3C)nc(N3CCN(C(=O)OCc4ccccc4)[C@@H](CC#N)C3)c2N)c2ccccc2c1. The van der Waals surface area contributed by atoms with Crippen LogP contribution in [0.25, 0.3) is 10.8 Å². The minimum atomic E-state index is -0.543. The molecule has 6 rings (SSSR count). The highest BCUT2D eigenvalue weighted by Gasteiger charge is 2.34. The van der Waals surface area contributed by atoms with Crippen molar-refractivity contribution in [2.75, 3.05) is 62.9 Å². The first kappa shape index (κ1) is 33.3. The van der Waals surface area contributed by atoms with E-state index in [2.05, 4.69) is 26.3 Å². The van der Waals surface area contributed by atoms with Crippen LogP contribution in [0.5, 0.6) is 11.8 Å². The molecule has 2 aliphatic heterocycles. The molecule has 2 amide bonds. The molecule has 3 aromatic carbocycles. The highest BCUT2D eigenvalue weighted by atomic mass is 16.6. The number of carbonyl (C=O) groups is 2. The average Bonchev–Trinajstić information content (AvgIpc) is 3.54. The highest BCUT2D eigenvalue weighted by Crippen LogP contribution is 2.33. The number of amides is 2. The Kier molecular flexibility index (Phi) is 10.2. The molecule has 3 N–H and O–H groups in total. The normalized spacial score (nSPS) is 17.8. The molecule has 13 nitrogen and oxygen atoms in total. The zero-order chi connectivity index (χ0) is 34.3. The number of fused-ring (bicyclic) bond motifs is 1. The van der Waals surface area contributed by atoms with Gasteiger partial charge >= 0.3 is 12.1 Å². The lowest BCUT2D eigenvalue weighted by atomic mass is 10.1. The summed E-state index contributed by atoms with van der Waals surface area (Å²) in [4.78, 5) is 42.0. The Morgan fingerprint density at radius 2 is 1.84 bits per heavy atom.